The molecule has 98 valence electrons. The Morgan fingerprint density at radius 3 is 2.11 bits per heavy atom. The molecule has 0 aliphatic heterocycles. The van der Waals surface area contributed by atoms with Gasteiger partial charge in [-0.25, -0.2) is 0 Å². The van der Waals surface area contributed by atoms with E-state index in [9.17, 15) is 4.79 Å². The summed E-state index contributed by atoms with van der Waals surface area (Å²) in [6.07, 6.45) is 1.41. The molecule has 1 amide bonds. The zero-order valence-electron chi connectivity index (χ0n) is 11.3. The molecule has 19 heavy (non-hydrogen) atoms. The Balaban J connectivity index is 2.13. The Labute approximate surface area is 114 Å². The van der Waals surface area contributed by atoms with E-state index in [-0.39, 0.29) is 5.91 Å². The molecule has 0 heterocycles. The van der Waals surface area contributed by atoms with E-state index in [4.69, 9.17) is 0 Å². The predicted molar refractivity (Wildman–Crippen MR) is 79.2 cm³/mol. The molecule has 0 unspecified atom stereocenters. The standard InChI is InChI=1S/C17H19NO/c1-2-13-18(16-11-7-4-8-12-16)17(19)14-15-9-5-3-6-10-15/h3-12H,2,13-14H2,1H3. The SMILES string of the molecule is CCCN(C(=O)Cc1ccccc1)c1ccccc1. The number of carbonyl (C=O) groups is 1. The van der Waals surface area contributed by atoms with Crippen LogP contribution in [0.5, 0.6) is 0 Å². The lowest BCUT2D eigenvalue weighted by Crippen LogP contribution is -2.32. The molecule has 2 aromatic carbocycles. The van der Waals surface area contributed by atoms with Gasteiger partial charge in [0.1, 0.15) is 0 Å². The number of para-hydroxylation sites is 1. The Hall–Kier alpha value is -2.09. The number of benzene rings is 2. The average molecular weight is 253 g/mol. The van der Waals surface area contributed by atoms with Crippen LogP contribution in [0.15, 0.2) is 60.7 Å². The molecule has 2 rings (SSSR count). The molecule has 0 aromatic heterocycles. The highest BCUT2D eigenvalue weighted by molar-refractivity contribution is 5.94. The third kappa shape index (κ3) is 3.68. The largest absolute Gasteiger partial charge is 0.312 e. The van der Waals surface area contributed by atoms with E-state index in [0.717, 1.165) is 24.2 Å². The molecule has 0 radical (unpaired) electrons. The molecule has 2 aromatic rings. The fourth-order valence-corrected chi connectivity index (χ4v) is 2.10. The number of hydrogen-bond donors (Lipinski definition) is 0. The zero-order chi connectivity index (χ0) is 13.5. The minimum Gasteiger partial charge on any atom is -0.312 e. The third-order valence-electron chi connectivity index (χ3n) is 3.01. The van der Waals surface area contributed by atoms with Crippen molar-refractivity contribution in [2.75, 3.05) is 11.4 Å². The third-order valence-corrected chi connectivity index (χ3v) is 3.01. The zero-order valence-corrected chi connectivity index (χ0v) is 11.3. The second-order valence-electron chi connectivity index (χ2n) is 4.54. The van der Waals surface area contributed by atoms with Crippen molar-refractivity contribution in [1.82, 2.24) is 0 Å². The number of amides is 1. The topological polar surface area (TPSA) is 20.3 Å². The quantitative estimate of drug-likeness (QED) is 0.796. The number of hydrogen-bond acceptors (Lipinski definition) is 1. The molecular weight excluding hydrogens is 234 g/mol. The lowest BCUT2D eigenvalue weighted by Gasteiger charge is -2.22. The van der Waals surface area contributed by atoms with Gasteiger partial charge in [0, 0.05) is 12.2 Å². The van der Waals surface area contributed by atoms with Crippen LogP contribution >= 0.6 is 0 Å². The number of anilines is 1. The van der Waals surface area contributed by atoms with Crippen molar-refractivity contribution in [2.45, 2.75) is 19.8 Å². The Morgan fingerprint density at radius 1 is 0.947 bits per heavy atom. The summed E-state index contributed by atoms with van der Waals surface area (Å²) in [6.45, 7) is 2.85. The van der Waals surface area contributed by atoms with Crippen molar-refractivity contribution >= 4 is 11.6 Å². The van der Waals surface area contributed by atoms with Crippen LogP contribution in [-0.2, 0) is 11.2 Å². The normalized spacial score (nSPS) is 10.2. The van der Waals surface area contributed by atoms with Gasteiger partial charge < -0.3 is 4.90 Å². The van der Waals surface area contributed by atoms with Crippen LogP contribution in [0.3, 0.4) is 0 Å². The molecule has 0 saturated heterocycles. The van der Waals surface area contributed by atoms with Gasteiger partial charge >= 0.3 is 0 Å². The van der Waals surface area contributed by atoms with E-state index >= 15 is 0 Å². The molecule has 0 saturated carbocycles. The van der Waals surface area contributed by atoms with E-state index in [1.807, 2.05) is 65.6 Å². The summed E-state index contributed by atoms with van der Waals surface area (Å²) in [5.74, 6) is 0.152. The van der Waals surface area contributed by atoms with Gasteiger partial charge in [0.15, 0.2) is 0 Å². The van der Waals surface area contributed by atoms with E-state index in [1.165, 1.54) is 0 Å². The molecule has 0 aliphatic rings. The van der Waals surface area contributed by atoms with Crippen molar-refractivity contribution in [2.24, 2.45) is 0 Å². The van der Waals surface area contributed by atoms with Crippen molar-refractivity contribution < 1.29 is 4.79 Å². The second kappa shape index (κ2) is 6.74. The molecule has 0 fully saturated rings. The van der Waals surface area contributed by atoms with Crippen LogP contribution in [-0.4, -0.2) is 12.5 Å². The van der Waals surface area contributed by atoms with Gasteiger partial charge in [-0.1, -0.05) is 55.5 Å². The first-order valence-electron chi connectivity index (χ1n) is 6.70. The predicted octanol–water partition coefficient (Wildman–Crippen LogP) is 3.67. The first-order chi connectivity index (χ1) is 9.31. The number of carbonyl (C=O) groups excluding carboxylic acids is 1. The minimum absolute atomic E-state index is 0.152. The van der Waals surface area contributed by atoms with Crippen molar-refractivity contribution in [3.8, 4) is 0 Å². The van der Waals surface area contributed by atoms with Gasteiger partial charge in [-0.3, -0.25) is 4.79 Å². The fraction of sp³-hybridized carbons (Fsp3) is 0.235. The van der Waals surface area contributed by atoms with Crippen LogP contribution in [0.2, 0.25) is 0 Å². The van der Waals surface area contributed by atoms with E-state index in [2.05, 4.69) is 6.92 Å². The van der Waals surface area contributed by atoms with Crippen LogP contribution < -0.4 is 4.90 Å². The van der Waals surface area contributed by atoms with Gasteiger partial charge in [-0.05, 0) is 24.1 Å². The molecule has 2 heteroatoms. The van der Waals surface area contributed by atoms with E-state index < -0.39 is 0 Å². The molecule has 0 aliphatic carbocycles. The van der Waals surface area contributed by atoms with E-state index in [1.54, 1.807) is 0 Å². The van der Waals surface area contributed by atoms with Gasteiger partial charge in [0.25, 0.3) is 0 Å². The van der Waals surface area contributed by atoms with Crippen molar-refractivity contribution in [1.29, 1.82) is 0 Å². The lowest BCUT2D eigenvalue weighted by molar-refractivity contribution is -0.118. The Kier molecular flexibility index (Phi) is 4.73. The maximum Gasteiger partial charge on any atom is 0.231 e. The minimum atomic E-state index is 0.152. The molecule has 0 N–H and O–H groups in total. The fourth-order valence-electron chi connectivity index (χ4n) is 2.10. The van der Waals surface area contributed by atoms with Gasteiger partial charge in [0.2, 0.25) is 5.91 Å². The van der Waals surface area contributed by atoms with Crippen LogP contribution in [0, 0.1) is 0 Å². The summed E-state index contributed by atoms with van der Waals surface area (Å²) in [5.41, 5.74) is 2.04. The summed E-state index contributed by atoms with van der Waals surface area (Å²) < 4.78 is 0. The molecule has 0 bridgehead atoms. The highest BCUT2D eigenvalue weighted by atomic mass is 16.2. The van der Waals surface area contributed by atoms with Crippen LogP contribution in [0.4, 0.5) is 5.69 Å². The average Bonchev–Trinajstić information content (AvgIpc) is 2.46. The summed E-state index contributed by atoms with van der Waals surface area (Å²) >= 11 is 0. The summed E-state index contributed by atoms with van der Waals surface area (Å²) in [7, 11) is 0. The molecule has 2 nitrogen and oxygen atoms in total. The van der Waals surface area contributed by atoms with E-state index in [0.29, 0.717) is 6.42 Å². The molecule has 0 atom stereocenters. The van der Waals surface area contributed by atoms with Gasteiger partial charge in [-0.15, -0.1) is 0 Å². The summed E-state index contributed by atoms with van der Waals surface area (Å²) in [6, 6.07) is 19.8. The Morgan fingerprint density at radius 2 is 1.53 bits per heavy atom. The van der Waals surface area contributed by atoms with Gasteiger partial charge in [0.05, 0.1) is 6.42 Å². The second-order valence-corrected chi connectivity index (χ2v) is 4.54. The highest BCUT2D eigenvalue weighted by Gasteiger charge is 2.14. The van der Waals surface area contributed by atoms with Gasteiger partial charge in [-0.2, -0.15) is 0 Å². The highest BCUT2D eigenvalue weighted by Crippen LogP contribution is 2.15. The molecular formula is C17H19NO. The molecule has 0 spiro atoms. The number of rotatable bonds is 5. The lowest BCUT2D eigenvalue weighted by atomic mass is 10.1. The monoisotopic (exact) mass is 253 g/mol. The van der Waals surface area contributed by atoms with Crippen LogP contribution in [0.1, 0.15) is 18.9 Å². The smallest absolute Gasteiger partial charge is 0.231 e. The summed E-state index contributed by atoms with van der Waals surface area (Å²) in [4.78, 5) is 14.3. The number of nitrogens with zero attached hydrogens (tertiary/aromatic N) is 1. The van der Waals surface area contributed by atoms with Crippen LogP contribution in [0.25, 0.3) is 0 Å². The Bertz CT molecular complexity index is 507. The maximum atomic E-state index is 12.4. The maximum absolute atomic E-state index is 12.4. The van der Waals surface area contributed by atoms with Crippen molar-refractivity contribution in [3.63, 3.8) is 0 Å². The summed E-state index contributed by atoms with van der Waals surface area (Å²) in [5, 5.41) is 0. The van der Waals surface area contributed by atoms with Crippen molar-refractivity contribution in [3.05, 3.63) is 66.2 Å². The first-order valence-corrected chi connectivity index (χ1v) is 6.70. The first kappa shape index (κ1) is 13.3.